The minimum Gasteiger partial charge on any atom is -0.351 e. The molecule has 0 aliphatic heterocycles. The Bertz CT molecular complexity index is 964. The number of hydrogen-bond acceptors (Lipinski definition) is 4. The zero-order chi connectivity index (χ0) is 22.8. The molecule has 0 unspecified atom stereocenters. The van der Waals surface area contributed by atoms with Gasteiger partial charge in [-0.3, -0.25) is 9.59 Å². The molecule has 166 valence electrons. The molecule has 0 aliphatic rings. The summed E-state index contributed by atoms with van der Waals surface area (Å²) < 4.78 is 0. The summed E-state index contributed by atoms with van der Waals surface area (Å²) in [5.41, 5.74) is 1.97. The monoisotopic (exact) mass is 504 g/mol. The average molecular weight is 505 g/mol. The Hall–Kier alpha value is -2.12. The van der Waals surface area contributed by atoms with Crippen molar-refractivity contribution in [1.82, 2.24) is 10.6 Å². The van der Waals surface area contributed by atoms with Crippen molar-refractivity contribution < 1.29 is 9.59 Å². The molecule has 32 heavy (non-hydrogen) atoms. The topological polar surface area (TPSA) is 58.2 Å². The predicted molar refractivity (Wildman–Crippen MR) is 134 cm³/mol. The molecule has 0 aromatic heterocycles. The lowest BCUT2D eigenvalue weighted by Crippen LogP contribution is -2.25. The van der Waals surface area contributed by atoms with Crippen LogP contribution in [0.5, 0.6) is 0 Å². The molecule has 0 heterocycles. The molecular weight excluding hydrogens is 483 g/mol. The van der Waals surface area contributed by atoms with Crippen molar-refractivity contribution in [1.29, 1.82) is 0 Å². The van der Waals surface area contributed by atoms with Crippen LogP contribution in [0, 0.1) is 0 Å². The Labute approximate surface area is 206 Å². The van der Waals surface area contributed by atoms with Gasteiger partial charge in [0.1, 0.15) is 0 Å². The van der Waals surface area contributed by atoms with Crippen molar-refractivity contribution in [2.24, 2.45) is 0 Å². The Kier molecular flexibility index (Phi) is 9.81. The molecule has 0 spiro atoms. The predicted octanol–water partition coefficient (Wildman–Crippen LogP) is 5.81. The van der Waals surface area contributed by atoms with Crippen molar-refractivity contribution >= 4 is 58.5 Å². The van der Waals surface area contributed by atoms with Crippen LogP contribution in [0.2, 0.25) is 10.0 Å². The molecule has 0 aliphatic carbocycles. The van der Waals surface area contributed by atoms with E-state index < -0.39 is 0 Å². The number of hydrogen-bond donors (Lipinski definition) is 2. The zero-order valence-corrected chi connectivity index (χ0v) is 20.3. The fraction of sp³-hybridized carbons (Fsp3) is 0.167. The van der Waals surface area contributed by atoms with E-state index in [0.29, 0.717) is 34.6 Å². The number of carbonyl (C=O) groups is 2. The van der Waals surface area contributed by atoms with Crippen LogP contribution in [0.25, 0.3) is 0 Å². The van der Waals surface area contributed by atoms with E-state index in [1.165, 1.54) is 23.5 Å². The highest BCUT2D eigenvalue weighted by Gasteiger charge is 2.06. The molecule has 3 aromatic carbocycles. The quantitative estimate of drug-likeness (QED) is 0.342. The van der Waals surface area contributed by atoms with E-state index >= 15 is 0 Å². The van der Waals surface area contributed by atoms with Crippen LogP contribution in [0.1, 0.15) is 11.1 Å². The summed E-state index contributed by atoms with van der Waals surface area (Å²) >= 11 is 14.7. The first-order valence-electron chi connectivity index (χ1n) is 9.86. The highest BCUT2D eigenvalue weighted by Crippen LogP contribution is 2.21. The van der Waals surface area contributed by atoms with E-state index in [0.717, 1.165) is 20.9 Å². The van der Waals surface area contributed by atoms with E-state index in [-0.39, 0.29) is 11.8 Å². The maximum Gasteiger partial charge on any atom is 0.230 e. The van der Waals surface area contributed by atoms with Gasteiger partial charge in [-0.25, -0.2) is 0 Å². The van der Waals surface area contributed by atoms with Gasteiger partial charge < -0.3 is 10.6 Å². The third-order valence-electron chi connectivity index (χ3n) is 4.34. The molecular formula is C24H22Cl2N2O2S2. The van der Waals surface area contributed by atoms with E-state index in [9.17, 15) is 9.59 Å². The van der Waals surface area contributed by atoms with Crippen molar-refractivity contribution in [2.75, 3.05) is 11.5 Å². The van der Waals surface area contributed by atoms with Gasteiger partial charge in [0.25, 0.3) is 0 Å². The summed E-state index contributed by atoms with van der Waals surface area (Å²) in [4.78, 5) is 26.3. The summed E-state index contributed by atoms with van der Waals surface area (Å²) in [6.45, 7) is 0.877. The maximum absolute atomic E-state index is 12.1. The lowest BCUT2D eigenvalue weighted by Gasteiger charge is -2.09. The molecule has 2 amide bonds. The molecule has 0 radical (unpaired) electrons. The molecule has 0 bridgehead atoms. The normalized spacial score (nSPS) is 10.6. The second-order valence-electron chi connectivity index (χ2n) is 6.86. The highest BCUT2D eigenvalue weighted by atomic mass is 35.5. The van der Waals surface area contributed by atoms with Gasteiger partial charge in [-0.1, -0.05) is 47.5 Å². The Morgan fingerprint density at radius 2 is 1.06 bits per heavy atom. The number of carbonyl (C=O) groups excluding carboxylic acids is 2. The summed E-state index contributed by atoms with van der Waals surface area (Å²) in [6, 6.07) is 22.6. The molecule has 0 fully saturated rings. The van der Waals surface area contributed by atoms with Crippen LogP contribution in [0.3, 0.4) is 0 Å². The maximum atomic E-state index is 12.1. The lowest BCUT2D eigenvalue weighted by molar-refractivity contribution is -0.119. The van der Waals surface area contributed by atoms with Crippen LogP contribution in [0.15, 0.2) is 82.6 Å². The van der Waals surface area contributed by atoms with E-state index in [4.69, 9.17) is 23.2 Å². The van der Waals surface area contributed by atoms with Gasteiger partial charge in [0.05, 0.1) is 11.5 Å². The largest absolute Gasteiger partial charge is 0.351 e. The summed E-state index contributed by atoms with van der Waals surface area (Å²) in [7, 11) is 0. The van der Waals surface area contributed by atoms with Crippen molar-refractivity contribution in [3.63, 3.8) is 0 Å². The van der Waals surface area contributed by atoms with Gasteiger partial charge in [0, 0.05) is 32.9 Å². The van der Waals surface area contributed by atoms with Gasteiger partial charge in [-0.05, 0) is 59.7 Å². The lowest BCUT2D eigenvalue weighted by atomic mass is 10.1. The minimum absolute atomic E-state index is 0.0390. The fourth-order valence-corrected chi connectivity index (χ4v) is 4.42. The standard InChI is InChI=1S/C24H22Cl2N2O2S2/c25-19-4-8-21(9-5-19)31-15-23(29)27-13-17-2-1-3-18(12-17)14-28-24(30)16-32-22-10-6-20(26)7-11-22/h1-12H,13-16H2,(H,27,29)(H,28,30). The smallest absolute Gasteiger partial charge is 0.230 e. The Balaban J connectivity index is 1.38. The van der Waals surface area contributed by atoms with Crippen LogP contribution >= 0.6 is 46.7 Å². The number of halogens is 2. The van der Waals surface area contributed by atoms with Gasteiger partial charge in [-0.2, -0.15) is 0 Å². The number of thioether (sulfide) groups is 2. The van der Waals surface area contributed by atoms with Crippen molar-refractivity contribution in [3.8, 4) is 0 Å². The minimum atomic E-state index is -0.0390. The van der Waals surface area contributed by atoms with Crippen molar-refractivity contribution in [2.45, 2.75) is 22.9 Å². The summed E-state index contributed by atoms with van der Waals surface area (Å²) in [5, 5.41) is 7.21. The average Bonchev–Trinajstić information content (AvgIpc) is 2.81. The van der Waals surface area contributed by atoms with Crippen LogP contribution < -0.4 is 10.6 Å². The first-order valence-corrected chi connectivity index (χ1v) is 12.6. The second-order valence-corrected chi connectivity index (χ2v) is 9.83. The van der Waals surface area contributed by atoms with E-state index in [2.05, 4.69) is 10.6 Å². The first kappa shape index (κ1) is 24.5. The third-order valence-corrected chi connectivity index (χ3v) is 6.87. The van der Waals surface area contributed by atoms with E-state index in [1.807, 2.05) is 72.8 Å². The Morgan fingerprint density at radius 3 is 1.47 bits per heavy atom. The molecule has 4 nitrogen and oxygen atoms in total. The highest BCUT2D eigenvalue weighted by molar-refractivity contribution is 8.00. The number of amides is 2. The summed E-state index contributed by atoms with van der Waals surface area (Å²) in [5.74, 6) is 0.594. The SMILES string of the molecule is O=C(CSc1ccc(Cl)cc1)NCc1cccc(CNC(=O)CSc2ccc(Cl)cc2)c1. The zero-order valence-electron chi connectivity index (χ0n) is 17.1. The van der Waals surface area contributed by atoms with Gasteiger partial charge in [0.2, 0.25) is 11.8 Å². The molecule has 3 rings (SSSR count). The molecule has 0 atom stereocenters. The molecule has 3 aromatic rings. The second kappa shape index (κ2) is 12.8. The number of benzene rings is 3. The molecule has 0 saturated heterocycles. The number of nitrogens with one attached hydrogen (secondary N) is 2. The van der Waals surface area contributed by atoms with Gasteiger partial charge in [-0.15, -0.1) is 23.5 Å². The van der Waals surface area contributed by atoms with Crippen LogP contribution in [-0.2, 0) is 22.7 Å². The Morgan fingerprint density at radius 1 is 0.656 bits per heavy atom. The number of rotatable bonds is 10. The molecule has 8 heteroatoms. The van der Waals surface area contributed by atoms with Crippen LogP contribution in [0.4, 0.5) is 0 Å². The van der Waals surface area contributed by atoms with Gasteiger partial charge >= 0.3 is 0 Å². The first-order chi connectivity index (χ1) is 15.5. The van der Waals surface area contributed by atoms with Gasteiger partial charge in [0.15, 0.2) is 0 Å². The van der Waals surface area contributed by atoms with Crippen molar-refractivity contribution in [3.05, 3.63) is 94.0 Å². The summed E-state index contributed by atoms with van der Waals surface area (Å²) in [6.07, 6.45) is 0. The van der Waals surface area contributed by atoms with E-state index in [1.54, 1.807) is 0 Å². The third kappa shape index (κ3) is 8.79. The fourth-order valence-electron chi connectivity index (χ4n) is 2.71. The van der Waals surface area contributed by atoms with Crippen LogP contribution in [-0.4, -0.2) is 23.3 Å². The molecule has 2 N–H and O–H groups in total. The molecule has 0 saturated carbocycles.